The van der Waals surface area contributed by atoms with Crippen LogP contribution in [0.3, 0.4) is 0 Å². The van der Waals surface area contributed by atoms with Gasteiger partial charge in [0, 0.05) is 24.6 Å². The number of ether oxygens (including phenoxy) is 2. The molecule has 0 spiro atoms. The molecule has 0 aliphatic heterocycles. The first-order valence-electron chi connectivity index (χ1n) is 6.72. The molecule has 1 N–H and O–H groups in total. The monoisotopic (exact) mass is 271 g/mol. The third-order valence-electron chi connectivity index (χ3n) is 2.83. The summed E-state index contributed by atoms with van der Waals surface area (Å²) in [4.78, 5) is 1.44. The SMILES string of the molecule is CCC(NCCCCOCCOC)c1cccs1. The van der Waals surface area contributed by atoms with Crippen LogP contribution in [0.5, 0.6) is 0 Å². The topological polar surface area (TPSA) is 30.5 Å². The van der Waals surface area contributed by atoms with Crippen molar-refractivity contribution in [1.82, 2.24) is 5.32 Å². The van der Waals surface area contributed by atoms with Gasteiger partial charge >= 0.3 is 0 Å². The van der Waals surface area contributed by atoms with E-state index in [4.69, 9.17) is 9.47 Å². The van der Waals surface area contributed by atoms with Gasteiger partial charge in [-0.25, -0.2) is 0 Å². The van der Waals surface area contributed by atoms with Crippen LogP contribution in [0.1, 0.15) is 37.1 Å². The fraction of sp³-hybridized carbons (Fsp3) is 0.714. The van der Waals surface area contributed by atoms with E-state index in [0.29, 0.717) is 19.3 Å². The van der Waals surface area contributed by atoms with Gasteiger partial charge in [-0.15, -0.1) is 11.3 Å². The summed E-state index contributed by atoms with van der Waals surface area (Å²) >= 11 is 1.83. The maximum atomic E-state index is 5.43. The lowest BCUT2D eigenvalue weighted by atomic mass is 10.2. The molecule has 0 aromatic carbocycles. The number of hydrogen-bond donors (Lipinski definition) is 1. The van der Waals surface area contributed by atoms with Crippen molar-refractivity contribution in [3.63, 3.8) is 0 Å². The molecule has 1 atom stereocenters. The molecule has 0 aliphatic carbocycles. The number of hydrogen-bond acceptors (Lipinski definition) is 4. The van der Waals surface area contributed by atoms with Gasteiger partial charge in [-0.05, 0) is 37.3 Å². The maximum Gasteiger partial charge on any atom is 0.0700 e. The summed E-state index contributed by atoms with van der Waals surface area (Å²) in [5.41, 5.74) is 0. The van der Waals surface area contributed by atoms with Crippen LogP contribution in [-0.2, 0) is 9.47 Å². The zero-order valence-corrected chi connectivity index (χ0v) is 12.3. The summed E-state index contributed by atoms with van der Waals surface area (Å²) in [5.74, 6) is 0. The van der Waals surface area contributed by atoms with E-state index in [9.17, 15) is 0 Å². The Morgan fingerprint density at radius 1 is 1.28 bits per heavy atom. The quantitative estimate of drug-likeness (QED) is 0.627. The van der Waals surface area contributed by atoms with Crippen molar-refractivity contribution in [1.29, 1.82) is 0 Å². The molecule has 18 heavy (non-hydrogen) atoms. The Morgan fingerprint density at radius 3 is 2.83 bits per heavy atom. The van der Waals surface area contributed by atoms with E-state index < -0.39 is 0 Å². The van der Waals surface area contributed by atoms with E-state index in [2.05, 4.69) is 29.8 Å². The van der Waals surface area contributed by atoms with E-state index in [1.807, 2.05) is 11.3 Å². The first-order valence-corrected chi connectivity index (χ1v) is 7.60. The third kappa shape index (κ3) is 6.50. The minimum absolute atomic E-state index is 0.513. The van der Waals surface area contributed by atoms with E-state index in [0.717, 1.165) is 32.4 Å². The lowest BCUT2D eigenvalue weighted by Crippen LogP contribution is -2.21. The number of rotatable bonds is 11. The van der Waals surface area contributed by atoms with E-state index >= 15 is 0 Å². The molecule has 1 aromatic rings. The molecule has 3 nitrogen and oxygen atoms in total. The summed E-state index contributed by atoms with van der Waals surface area (Å²) < 4.78 is 10.3. The van der Waals surface area contributed by atoms with Crippen LogP contribution < -0.4 is 5.32 Å². The van der Waals surface area contributed by atoms with Gasteiger partial charge in [-0.2, -0.15) is 0 Å². The van der Waals surface area contributed by atoms with Gasteiger partial charge in [0.15, 0.2) is 0 Å². The summed E-state index contributed by atoms with van der Waals surface area (Å²) in [7, 11) is 1.70. The van der Waals surface area contributed by atoms with Gasteiger partial charge in [0.2, 0.25) is 0 Å². The molecule has 0 aliphatic rings. The molecule has 1 unspecified atom stereocenters. The summed E-state index contributed by atoms with van der Waals surface area (Å²) in [6.45, 7) is 5.52. The summed E-state index contributed by atoms with van der Waals surface area (Å²) in [5, 5.41) is 5.75. The van der Waals surface area contributed by atoms with Crippen molar-refractivity contribution in [2.24, 2.45) is 0 Å². The third-order valence-corrected chi connectivity index (χ3v) is 3.82. The highest BCUT2D eigenvalue weighted by atomic mass is 32.1. The number of unbranched alkanes of at least 4 members (excludes halogenated alkanes) is 1. The average molecular weight is 271 g/mol. The van der Waals surface area contributed by atoms with Crippen LogP contribution in [-0.4, -0.2) is 33.5 Å². The molecule has 0 amide bonds. The van der Waals surface area contributed by atoms with E-state index in [1.165, 1.54) is 4.88 Å². The normalized spacial score (nSPS) is 12.8. The van der Waals surface area contributed by atoms with Gasteiger partial charge in [0.25, 0.3) is 0 Å². The lowest BCUT2D eigenvalue weighted by molar-refractivity contribution is 0.0687. The van der Waals surface area contributed by atoms with E-state index in [-0.39, 0.29) is 0 Å². The average Bonchev–Trinajstić information content (AvgIpc) is 2.91. The Balaban J connectivity index is 1.99. The predicted octanol–water partition coefficient (Wildman–Crippen LogP) is 3.23. The Labute approximate surface area is 114 Å². The largest absolute Gasteiger partial charge is 0.382 e. The van der Waals surface area contributed by atoms with Crippen molar-refractivity contribution in [3.8, 4) is 0 Å². The molecule has 0 radical (unpaired) electrons. The molecule has 0 fully saturated rings. The molecule has 0 bridgehead atoms. The minimum atomic E-state index is 0.513. The van der Waals surface area contributed by atoms with Gasteiger partial charge in [-0.3, -0.25) is 0 Å². The zero-order valence-electron chi connectivity index (χ0n) is 11.5. The van der Waals surface area contributed by atoms with Crippen molar-refractivity contribution in [2.75, 3.05) is 33.5 Å². The second-order valence-electron chi connectivity index (χ2n) is 4.24. The first kappa shape index (κ1) is 15.6. The van der Waals surface area contributed by atoms with Crippen molar-refractivity contribution < 1.29 is 9.47 Å². The lowest BCUT2D eigenvalue weighted by Gasteiger charge is -2.15. The standard InChI is InChI=1S/C14H25NO2S/c1-3-13(14-7-6-12-18-14)15-8-4-5-9-17-11-10-16-2/h6-7,12-13,15H,3-5,8-11H2,1-2H3. The fourth-order valence-electron chi connectivity index (χ4n) is 1.79. The molecule has 1 heterocycles. The van der Waals surface area contributed by atoms with Crippen LogP contribution in [0.2, 0.25) is 0 Å². The molecule has 104 valence electrons. The number of methoxy groups -OCH3 is 1. The molecular formula is C14H25NO2S. The molecule has 0 saturated carbocycles. The Morgan fingerprint density at radius 2 is 2.17 bits per heavy atom. The minimum Gasteiger partial charge on any atom is -0.382 e. The molecular weight excluding hydrogens is 246 g/mol. The predicted molar refractivity (Wildman–Crippen MR) is 77.3 cm³/mol. The van der Waals surface area contributed by atoms with Crippen LogP contribution in [0, 0.1) is 0 Å². The van der Waals surface area contributed by atoms with Crippen molar-refractivity contribution >= 4 is 11.3 Å². The van der Waals surface area contributed by atoms with Crippen LogP contribution >= 0.6 is 11.3 Å². The Hall–Kier alpha value is -0.420. The molecule has 0 saturated heterocycles. The van der Waals surface area contributed by atoms with Crippen molar-refractivity contribution in [2.45, 2.75) is 32.2 Å². The smallest absolute Gasteiger partial charge is 0.0700 e. The second kappa shape index (κ2) is 10.5. The Bertz CT molecular complexity index is 277. The van der Waals surface area contributed by atoms with Gasteiger partial charge in [-0.1, -0.05) is 13.0 Å². The summed E-state index contributed by atoms with van der Waals surface area (Å²) in [6.07, 6.45) is 3.41. The maximum absolute atomic E-state index is 5.43. The highest BCUT2D eigenvalue weighted by molar-refractivity contribution is 7.10. The van der Waals surface area contributed by atoms with Gasteiger partial charge < -0.3 is 14.8 Å². The van der Waals surface area contributed by atoms with Crippen LogP contribution in [0.15, 0.2) is 17.5 Å². The highest BCUT2D eigenvalue weighted by Crippen LogP contribution is 2.21. The molecule has 1 rings (SSSR count). The van der Waals surface area contributed by atoms with Gasteiger partial charge in [0.05, 0.1) is 13.2 Å². The molecule has 1 aromatic heterocycles. The summed E-state index contributed by atoms with van der Waals surface area (Å²) in [6, 6.07) is 4.84. The van der Waals surface area contributed by atoms with Crippen LogP contribution in [0.4, 0.5) is 0 Å². The zero-order chi connectivity index (χ0) is 13.1. The number of nitrogens with one attached hydrogen (secondary N) is 1. The fourth-order valence-corrected chi connectivity index (χ4v) is 2.67. The first-order chi connectivity index (χ1) is 8.88. The van der Waals surface area contributed by atoms with Crippen LogP contribution in [0.25, 0.3) is 0 Å². The van der Waals surface area contributed by atoms with E-state index in [1.54, 1.807) is 7.11 Å². The molecule has 4 heteroatoms. The van der Waals surface area contributed by atoms with Gasteiger partial charge in [0.1, 0.15) is 0 Å². The highest BCUT2D eigenvalue weighted by Gasteiger charge is 2.08. The Kier molecular flexibility index (Phi) is 9.12. The second-order valence-corrected chi connectivity index (χ2v) is 5.22. The number of thiophene rings is 1. The van der Waals surface area contributed by atoms with Crippen molar-refractivity contribution in [3.05, 3.63) is 22.4 Å².